The fourth-order valence-corrected chi connectivity index (χ4v) is 2.17. The van der Waals surface area contributed by atoms with Gasteiger partial charge in [-0.05, 0) is 30.2 Å². The number of carbonyl (C=O) groups is 1. The van der Waals surface area contributed by atoms with Crippen LogP contribution >= 0.6 is 0 Å². The van der Waals surface area contributed by atoms with Crippen molar-refractivity contribution in [3.05, 3.63) is 48.0 Å². The van der Waals surface area contributed by atoms with Gasteiger partial charge >= 0.3 is 5.97 Å². The summed E-state index contributed by atoms with van der Waals surface area (Å²) in [5.74, 6) is 0.626. The minimum absolute atomic E-state index is 0.182. The number of para-hydroxylation sites is 1. The maximum atomic E-state index is 11.2. The third kappa shape index (κ3) is 3.54. The molecule has 0 amide bonds. The third-order valence-electron chi connectivity index (χ3n) is 3.30. The van der Waals surface area contributed by atoms with Crippen molar-refractivity contribution in [2.75, 3.05) is 14.2 Å². The zero-order valence-corrected chi connectivity index (χ0v) is 12.1. The van der Waals surface area contributed by atoms with E-state index >= 15 is 0 Å². The first kappa shape index (κ1) is 14.9. The summed E-state index contributed by atoms with van der Waals surface area (Å²) in [4.78, 5) is 11.2. The number of hydrogen-bond donors (Lipinski definition) is 1. The molecule has 2 aromatic carbocycles. The van der Waals surface area contributed by atoms with Crippen molar-refractivity contribution in [2.24, 2.45) is 0 Å². The predicted molar refractivity (Wildman–Crippen MR) is 80.4 cm³/mol. The fourth-order valence-electron chi connectivity index (χ4n) is 2.17. The fraction of sp³-hybridized carbons (Fsp3) is 0.235. The molecular weight excluding hydrogens is 268 g/mol. The normalized spacial score (nSPS) is 10.2. The molecule has 2 aromatic rings. The van der Waals surface area contributed by atoms with E-state index in [9.17, 15) is 9.90 Å². The summed E-state index contributed by atoms with van der Waals surface area (Å²) >= 11 is 0. The number of hydrogen-bond acceptors (Lipinski definition) is 4. The van der Waals surface area contributed by atoms with Gasteiger partial charge in [-0.1, -0.05) is 24.3 Å². The maximum absolute atomic E-state index is 11.2. The van der Waals surface area contributed by atoms with Crippen LogP contribution in [0.5, 0.6) is 11.5 Å². The van der Waals surface area contributed by atoms with Crippen LogP contribution in [0.15, 0.2) is 42.5 Å². The highest BCUT2D eigenvalue weighted by Gasteiger charge is 2.11. The Kier molecular flexibility index (Phi) is 4.82. The van der Waals surface area contributed by atoms with Crippen molar-refractivity contribution in [1.82, 2.24) is 0 Å². The Labute approximate surface area is 123 Å². The first-order valence-electron chi connectivity index (χ1n) is 6.67. The van der Waals surface area contributed by atoms with E-state index in [1.165, 1.54) is 7.11 Å². The lowest BCUT2D eigenvalue weighted by atomic mass is 9.99. The number of methoxy groups -OCH3 is 2. The topological polar surface area (TPSA) is 55.8 Å². The Bertz CT molecular complexity index is 634. The summed E-state index contributed by atoms with van der Waals surface area (Å²) in [5, 5.41) is 10.1. The van der Waals surface area contributed by atoms with Gasteiger partial charge in [0.15, 0.2) is 0 Å². The molecule has 4 nitrogen and oxygen atoms in total. The third-order valence-corrected chi connectivity index (χ3v) is 3.30. The van der Waals surface area contributed by atoms with Crippen molar-refractivity contribution in [3.8, 4) is 22.6 Å². The predicted octanol–water partition coefficient (Wildman–Crippen LogP) is 3.17. The summed E-state index contributed by atoms with van der Waals surface area (Å²) in [6, 6.07) is 12.8. The zero-order chi connectivity index (χ0) is 15.2. The lowest BCUT2D eigenvalue weighted by molar-refractivity contribution is -0.140. The second kappa shape index (κ2) is 6.79. The lowest BCUT2D eigenvalue weighted by Crippen LogP contribution is -2.02. The average Bonchev–Trinajstić information content (AvgIpc) is 2.53. The van der Waals surface area contributed by atoms with Crippen LogP contribution in [0.1, 0.15) is 12.0 Å². The minimum Gasteiger partial charge on any atom is -0.507 e. The number of carbonyl (C=O) groups excluding carboxylic acids is 1. The van der Waals surface area contributed by atoms with Gasteiger partial charge in [0, 0.05) is 17.5 Å². The van der Waals surface area contributed by atoms with E-state index in [0.29, 0.717) is 24.2 Å². The van der Waals surface area contributed by atoms with E-state index in [1.807, 2.05) is 30.3 Å². The Morgan fingerprint density at radius 3 is 2.57 bits per heavy atom. The van der Waals surface area contributed by atoms with Crippen molar-refractivity contribution < 1.29 is 19.4 Å². The van der Waals surface area contributed by atoms with E-state index in [0.717, 1.165) is 11.1 Å². The molecule has 2 rings (SSSR count). The molecule has 0 atom stereocenters. The molecule has 0 spiro atoms. The summed E-state index contributed by atoms with van der Waals surface area (Å²) < 4.78 is 9.96. The second-order valence-electron chi connectivity index (χ2n) is 4.63. The van der Waals surface area contributed by atoms with Crippen LogP contribution in [0.2, 0.25) is 0 Å². The summed E-state index contributed by atoms with van der Waals surface area (Å²) in [5.41, 5.74) is 2.46. The standard InChI is InChI=1S/C17H18O4/c1-20-16-6-4-3-5-13(16)14-11-12(7-9-15(14)18)8-10-17(19)21-2/h3-7,9,11,18H,8,10H2,1-2H3. The molecule has 0 aliphatic carbocycles. The summed E-state index contributed by atoms with van der Waals surface area (Å²) in [6.45, 7) is 0. The molecule has 0 aliphatic heterocycles. The second-order valence-corrected chi connectivity index (χ2v) is 4.63. The number of ether oxygens (including phenoxy) is 2. The Balaban J connectivity index is 2.33. The number of phenolic OH excluding ortho intramolecular Hbond substituents is 1. The van der Waals surface area contributed by atoms with Crippen LogP contribution in [0.25, 0.3) is 11.1 Å². The van der Waals surface area contributed by atoms with Gasteiger partial charge in [-0.25, -0.2) is 0 Å². The summed E-state index contributed by atoms with van der Waals surface area (Å²) in [6.07, 6.45) is 0.877. The number of aryl methyl sites for hydroxylation is 1. The number of aromatic hydroxyl groups is 1. The smallest absolute Gasteiger partial charge is 0.305 e. The molecule has 0 heterocycles. The van der Waals surface area contributed by atoms with Gasteiger partial charge in [-0.3, -0.25) is 4.79 Å². The highest BCUT2D eigenvalue weighted by Crippen LogP contribution is 2.36. The van der Waals surface area contributed by atoms with Gasteiger partial charge in [-0.2, -0.15) is 0 Å². The highest BCUT2D eigenvalue weighted by molar-refractivity contribution is 5.76. The first-order valence-corrected chi connectivity index (χ1v) is 6.67. The molecule has 0 aliphatic rings. The number of benzene rings is 2. The Morgan fingerprint density at radius 2 is 1.86 bits per heavy atom. The number of esters is 1. The van der Waals surface area contributed by atoms with E-state index in [-0.39, 0.29) is 11.7 Å². The molecule has 0 radical (unpaired) electrons. The van der Waals surface area contributed by atoms with Crippen LogP contribution < -0.4 is 4.74 Å². The Hall–Kier alpha value is -2.49. The molecule has 0 unspecified atom stereocenters. The molecule has 0 saturated carbocycles. The van der Waals surface area contributed by atoms with Gasteiger partial charge in [0.25, 0.3) is 0 Å². The van der Waals surface area contributed by atoms with Gasteiger partial charge < -0.3 is 14.6 Å². The van der Waals surface area contributed by atoms with Crippen molar-refractivity contribution in [1.29, 1.82) is 0 Å². The maximum Gasteiger partial charge on any atom is 0.305 e. The lowest BCUT2D eigenvalue weighted by Gasteiger charge is -2.11. The van der Waals surface area contributed by atoms with E-state index in [4.69, 9.17) is 4.74 Å². The van der Waals surface area contributed by atoms with Crippen LogP contribution in [-0.2, 0) is 16.0 Å². The largest absolute Gasteiger partial charge is 0.507 e. The van der Waals surface area contributed by atoms with Crippen molar-refractivity contribution >= 4 is 5.97 Å². The summed E-state index contributed by atoms with van der Waals surface area (Å²) in [7, 11) is 2.97. The van der Waals surface area contributed by atoms with Gasteiger partial charge in [-0.15, -0.1) is 0 Å². The molecule has 0 saturated heterocycles. The molecular formula is C17H18O4. The van der Waals surface area contributed by atoms with Gasteiger partial charge in [0.1, 0.15) is 11.5 Å². The molecule has 0 aromatic heterocycles. The molecule has 0 fully saturated rings. The number of rotatable bonds is 5. The average molecular weight is 286 g/mol. The van der Waals surface area contributed by atoms with E-state index in [2.05, 4.69) is 4.74 Å². The first-order chi connectivity index (χ1) is 10.2. The van der Waals surface area contributed by atoms with Crippen LogP contribution in [0.3, 0.4) is 0 Å². The van der Waals surface area contributed by atoms with Gasteiger partial charge in [0.05, 0.1) is 14.2 Å². The SMILES string of the molecule is COC(=O)CCc1ccc(O)c(-c2ccccc2OC)c1. The van der Waals surface area contributed by atoms with Crippen LogP contribution in [-0.4, -0.2) is 25.3 Å². The van der Waals surface area contributed by atoms with Crippen molar-refractivity contribution in [3.63, 3.8) is 0 Å². The Morgan fingerprint density at radius 1 is 1.10 bits per heavy atom. The number of phenols is 1. The zero-order valence-electron chi connectivity index (χ0n) is 12.1. The highest BCUT2D eigenvalue weighted by atomic mass is 16.5. The van der Waals surface area contributed by atoms with Crippen LogP contribution in [0, 0.1) is 0 Å². The van der Waals surface area contributed by atoms with Crippen LogP contribution in [0.4, 0.5) is 0 Å². The van der Waals surface area contributed by atoms with E-state index in [1.54, 1.807) is 19.2 Å². The molecule has 1 N–H and O–H groups in total. The molecule has 4 heteroatoms. The van der Waals surface area contributed by atoms with Crippen molar-refractivity contribution in [2.45, 2.75) is 12.8 Å². The van der Waals surface area contributed by atoms with Gasteiger partial charge in [0.2, 0.25) is 0 Å². The van der Waals surface area contributed by atoms with E-state index < -0.39 is 0 Å². The molecule has 110 valence electrons. The minimum atomic E-state index is -0.248. The quantitative estimate of drug-likeness (QED) is 0.858. The molecule has 21 heavy (non-hydrogen) atoms. The molecule has 0 bridgehead atoms. The monoisotopic (exact) mass is 286 g/mol.